The minimum atomic E-state index is -0.891. The van der Waals surface area contributed by atoms with Gasteiger partial charge in [0.05, 0.1) is 24.3 Å². The molecule has 9 heteroatoms. The van der Waals surface area contributed by atoms with Crippen LogP contribution in [0.1, 0.15) is 47.2 Å². The topological polar surface area (TPSA) is 124 Å². The van der Waals surface area contributed by atoms with Crippen LogP contribution in [0.5, 0.6) is 0 Å². The van der Waals surface area contributed by atoms with Gasteiger partial charge in [-0.1, -0.05) is 42.5 Å². The Morgan fingerprint density at radius 1 is 1.05 bits per heavy atom. The molecule has 3 amide bonds. The predicted octanol–water partition coefficient (Wildman–Crippen LogP) is 3.13. The van der Waals surface area contributed by atoms with Gasteiger partial charge in [-0.25, -0.2) is 0 Å². The van der Waals surface area contributed by atoms with E-state index in [1.165, 1.54) is 0 Å². The Bertz CT molecular complexity index is 1480. The smallest absolute Gasteiger partial charge is 0.310 e. The van der Waals surface area contributed by atoms with Crippen LogP contribution in [0.15, 0.2) is 60.7 Å². The second-order valence-corrected chi connectivity index (χ2v) is 10.4. The summed E-state index contributed by atoms with van der Waals surface area (Å²) in [4.78, 5) is 40.0. The van der Waals surface area contributed by atoms with Gasteiger partial charge in [0.15, 0.2) is 0 Å². The summed E-state index contributed by atoms with van der Waals surface area (Å²) < 4.78 is 5.49. The lowest BCUT2D eigenvalue weighted by molar-refractivity contribution is -0.139. The quantitative estimate of drug-likeness (QED) is 0.284. The van der Waals surface area contributed by atoms with Crippen LogP contribution in [0.3, 0.4) is 0 Å². The number of hydrogen-bond acceptors (Lipinski definition) is 6. The molecule has 0 spiro atoms. The van der Waals surface area contributed by atoms with E-state index in [9.17, 15) is 14.4 Å². The van der Waals surface area contributed by atoms with Crippen LogP contribution in [0, 0.1) is 11.3 Å². The number of ether oxygens (including phenoxy) is 1. The second-order valence-electron chi connectivity index (χ2n) is 10.4. The zero-order chi connectivity index (χ0) is 28.1. The summed E-state index contributed by atoms with van der Waals surface area (Å²) in [7, 11) is 1.74. The number of rotatable bonds is 9. The first-order valence-electron chi connectivity index (χ1n) is 13.6. The van der Waals surface area contributed by atoms with E-state index in [-0.39, 0.29) is 19.0 Å². The predicted molar refractivity (Wildman–Crippen MR) is 151 cm³/mol. The number of methoxy groups -OCH3 is 1. The van der Waals surface area contributed by atoms with E-state index in [0.717, 1.165) is 54.3 Å². The summed E-state index contributed by atoms with van der Waals surface area (Å²) in [5.41, 5.74) is 2.79. The molecule has 1 saturated carbocycles. The Balaban J connectivity index is 1.39. The molecule has 0 bridgehead atoms. The number of anilines is 1. The number of amides is 3. The molecule has 1 saturated heterocycles. The molecule has 1 atom stereocenters. The van der Waals surface area contributed by atoms with Gasteiger partial charge in [-0.05, 0) is 65.8 Å². The van der Waals surface area contributed by atoms with Crippen molar-refractivity contribution in [1.82, 2.24) is 16.0 Å². The number of carbonyl (C=O) groups is 3. The van der Waals surface area contributed by atoms with Gasteiger partial charge in [0, 0.05) is 31.5 Å². The highest BCUT2D eigenvalue weighted by Gasteiger charge is 2.47. The van der Waals surface area contributed by atoms with Crippen molar-refractivity contribution in [3.8, 4) is 6.07 Å². The summed E-state index contributed by atoms with van der Waals surface area (Å²) in [6.45, 7) is 1.40. The standard InChI is InChI=1S/C31H33N5O4/c1-40-20-23-9-6-16-36(23)24-17-21-7-2-4-10-25(21)27(18-24)31(12-13-31)35-28(37)26-11-5-3-8-22(26)19-34-30(39)29(38)33-15-14-32/h2-5,7-8,10-11,17-18,23H,6,9,12-13,15-16,19-20H2,1H3,(H,33,38)(H,34,39)(H,35,37). The molecule has 3 aromatic rings. The summed E-state index contributed by atoms with van der Waals surface area (Å²) >= 11 is 0. The van der Waals surface area contributed by atoms with Crippen LogP contribution < -0.4 is 20.9 Å². The third kappa shape index (κ3) is 5.63. The molecule has 1 aliphatic carbocycles. The van der Waals surface area contributed by atoms with Crippen molar-refractivity contribution in [2.75, 3.05) is 31.7 Å². The van der Waals surface area contributed by atoms with E-state index in [0.29, 0.717) is 23.8 Å². The van der Waals surface area contributed by atoms with Gasteiger partial charge in [0.1, 0.15) is 6.54 Å². The van der Waals surface area contributed by atoms with E-state index in [2.05, 4.69) is 45.1 Å². The molecule has 1 heterocycles. The van der Waals surface area contributed by atoms with Crippen molar-refractivity contribution in [3.05, 3.63) is 77.4 Å². The minimum absolute atomic E-state index is 0.00363. The molecule has 206 valence electrons. The van der Waals surface area contributed by atoms with Gasteiger partial charge in [-0.3, -0.25) is 14.4 Å². The third-order valence-electron chi connectivity index (χ3n) is 7.77. The second kappa shape index (κ2) is 11.8. The lowest BCUT2D eigenvalue weighted by Crippen LogP contribution is -2.40. The fourth-order valence-corrected chi connectivity index (χ4v) is 5.62. The Labute approximate surface area is 233 Å². The highest BCUT2D eigenvalue weighted by atomic mass is 16.5. The average molecular weight is 540 g/mol. The Morgan fingerprint density at radius 2 is 1.80 bits per heavy atom. The van der Waals surface area contributed by atoms with Crippen LogP contribution in [0.25, 0.3) is 10.8 Å². The van der Waals surface area contributed by atoms with E-state index < -0.39 is 17.4 Å². The molecular formula is C31H33N5O4. The van der Waals surface area contributed by atoms with E-state index >= 15 is 0 Å². The Morgan fingerprint density at radius 3 is 2.58 bits per heavy atom. The van der Waals surface area contributed by atoms with Crippen LogP contribution >= 0.6 is 0 Å². The lowest BCUT2D eigenvalue weighted by Gasteiger charge is -2.29. The number of nitrogens with zero attached hydrogens (tertiary/aromatic N) is 2. The molecule has 0 radical (unpaired) electrons. The van der Waals surface area contributed by atoms with Gasteiger partial charge in [0.25, 0.3) is 5.91 Å². The minimum Gasteiger partial charge on any atom is -0.383 e. The van der Waals surface area contributed by atoms with Gasteiger partial charge < -0.3 is 25.6 Å². The first kappa shape index (κ1) is 27.2. The normalized spacial score (nSPS) is 17.2. The van der Waals surface area contributed by atoms with Crippen molar-refractivity contribution in [3.63, 3.8) is 0 Å². The summed E-state index contributed by atoms with van der Waals surface area (Å²) in [5.74, 6) is -1.98. The van der Waals surface area contributed by atoms with E-state index in [1.807, 2.05) is 12.1 Å². The Hall–Kier alpha value is -4.42. The van der Waals surface area contributed by atoms with Gasteiger partial charge in [-0.2, -0.15) is 5.26 Å². The van der Waals surface area contributed by atoms with E-state index in [1.54, 1.807) is 37.4 Å². The number of nitriles is 1. The van der Waals surface area contributed by atoms with Crippen LogP contribution in [0.2, 0.25) is 0 Å². The molecule has 2 fully saturated rings. The monoisotopic (exact) mass is 539 g/mol. The number of benzene rings is 3. The lowest BCUT2D eigenvalue weighted by atomic mass is 9.94. The van der Waals surface area contributed by atoms with Crippen LogP contribution in [-0.2, 0) is 26.4 Å². The maximum Gasteiger partial charge on any atom is 0.310 e. The molecule has 2 aliphatic rings. The summed E-state index contributed by atoms with van der Waals surface area (Å²) in [6, 6.07) is 21.9. The fourth-order valence-electron chi connectivity index (χ4n) is 5.62. The van der Waals surface area contributed by atoms with Crippen molar-refractivity contribution < 1.29 is 19.1 Å². The first-order valence-corrected chi connectivity index (χ1v) is 13.6. The van der Waals surface area contributed by atoms with Gasteiger partial charge in [-0.15, -0.1) is 0 Å². The van der Waals surface area contributed by atoms with Crippen LogP contribution in [-0.4, -0.2) is 50.6 Å². The number of fused-ring (bicyclic) bond motifs is 1. The highest BCUT2D eigenvalue weighted by molar-refractivity contribution is 6.35. The number of nitrogens with one attached hydrogen (secondary N) is 3. The molecule has 5 rings (SSSR count). The molecule has 3 N–H and O–H groups in total. The van der Waals surface area contributed by atoms with Crippen molar-refractivity contribution in [2.24, 2.45) is 0 Å². The maximum absolute atomic E-state index is 13.7. The first-order chi connectivity index (χ1) is 19.5. The molecule has 1 unspecified atom stereocenters. The zero-order valence-corrected chi connectivity index (χ0v) is 22.5. The third-order valence-corrected chi connectivity index (χ3v) is 7.77. The zero-order valence-electron chi connectivity index (χ0n) is 22.5. The largest absolute Gasteiger partial charge is 0.383 e. The molecule has 3 aromatic carbocycles. The molecule has 0 aromatic heterocycles. The maximum atomic E-state index is 13.7. The molecule has 9 nitrogen and oxygen atoms in total. The SMILES string of the molecule is COCC1CCCN1c1cc(C2(NC(=O)c3ccccc3CNC(=O)C(=O)NCC#N)CC2)c2ccccc2c1. The van der Waals surface area contributed by atoms with Crippen molar-refractivity contribution in [2.45, 2.75) is 43.8 Å². The molecule has 40 heavy (non-hydrogen) atoms. The van der Waals surface area contributed by atoms with Crippen molar-refractivity contribution >= 4 is 34.2 Å². The summed E-state index contributed by atoms with van der Waals surface area (Å²) in [6.07, 6.45) is 3.86. The van der Waals surface area contributed by atoms with Crippen molar-refractivity contribution in [1.29, 1.82) is 5.26 Å². The average Bonchev–Trinajstić information content (AvgIpc) is 3.61. The fraction of sp³-hybridized carbons (Fsp3) is 0.355. The summed E-state index contributed by atoms with van der Waals surface area (Å²) in [5, 5.41) is 18.9. The Kier molecular flexibility index (Phi) is 7.99. The highest BCUT2D eigenvalue weighted by Crippen LogP contribution is 2.49. The molecular weight excluding hydrogens is 506 g/mol. The molecule has 1 aliphatic heterocycles. The van der Waals surface area contributed by atoms with Gasteiger partial charge >= 0.3 is 11.8 Å². The van der Waals surface area contributed by atoms with E-state index in [4.69, 9.17) is 10.00 Å². The van der Waals surface area contributed by atoms with Crippen LogP contribution in [0.4, 0.5) is 5.69 Å². The van der Waals surface area contributed by atoms with Gasteiger partial charge in [0.2, 0.25) is 0 Å². The number of hydrogen-bond donors (Lipinski definition) is 3. The number of carbonyl (C=O) groups excluding carboxylic acids is 3.